The summed E-state index contributed by atoms with van der Waals surface area (Å²) in [4.78, 5) is 13.1. The Hall–Kier alpha value is -1.51. The van der Waals surface area contributed by atoms with Gasteiger partial charge in [0.05, 0.1) is 5.56 Å². The second-order valence-corrected chi connectivity index (χ2v) is 5.54. The minimum Gasteiger partial charge on any atom is -0.478 e. The zero-order valence-electron chi connectivity index (χ0n) is 11.7. The van der Waals surface area contributed by atoms with Crippen LogP contribution in [-0.2, 0) is 0 Å². The molecule has 0 atom stereocenters. The van der Waals surface area contributed by atoms with Gasteiger partial charge in [0.25, 0.3) is 0 Å². The van der Waals surface area contributed by atoms with Crippen LogP contribution in [-0.4, -0.2) is 24.2 Å². The molecule has 0 aliphatic heterocycles. The van der Waals surface area contributed by atoms with Crippen molar-refractivity contribution in [2.75, 3.05) is 18.0 Å². The Labute approximate surface area is 109 Å². The first-order valence-corrected chi connectivity index (χ1v) is 6.48. The van der Waals surface area contributed by atoms with Crippen LogP contribution in [0.4, 0.5) is 5.69 Å². The van der Waals surface area contributed by atoms with E-state index in [4.69, 9.17) is 5.11 Å². The largest absolute Gasteiger partial charge is 0.478 e. The predicted octanol–water partition coefficient (Wildman–Crippen LogP) is 3.50. The number of hydrogen-bond acceptors (Lipinski definition) is 2. The third-order valence-corrected chi connectivity index (χ3v) is 2.65. The Bertz CT molecular complexity index is 372. The van der Waals surface area contributed by atoms with Crippen molar-refractivity contribution >= 4 is 11.7 Å². The number of nitrogens with zero attached hydrogens (tertiary/aromatic N) is 1. The van der Waals surface area contributed by atoms with E-state index in [0.29, 0.717) is 17.4 Å². The van der Waals surface area contributed by atoms with Crippen LogP contribution in [0.3, 0.4) is 0 Å². The Balaban J connectivity index is 2.87. The average Bonchev–Trinajstić information content (AvgIpc) is 2.27. The van der Waals surface area contributed by atoms with E-state index in [0.717, 1.165) is 18.8 Å². The van der Waals surface area contributed by atoms with Gasteiger partial charge in [-0.1, -0.05) is 27.7 Å². The van der Waals surface area contributed by atoms with Crippen LogP contribution in [0.2, 0.25) is 0 Å². The molecule has 0 unspecified atom stereocenters. The fourth-order valence-electron chi connectivity index (χ4n) is 1.98. The highest BCUT2D eigenvalue weighted by atomic mass is 16.4. The van der Waals surface area contributed by atoms with Crippen molar-refractivity contribution < 1.29 is 9.90 Å². The first-order valence-electron chi connectivity index (χ1n) is 6.48. The maximum Gasteiger partial charge on any atom is 0.335 e. The molecule has 3 nitrogen and oxygen atoms in total. The van der Waals surface area contributed by atoms with Gasteiger partial charge in [0, 0.05) is 18.8 Å². The summed E-state index contributed by atoms with van der Waals surface area (Å²) >= 11 is 0. The van der Waals surface area contributed by atoms with Gasteiger partial charge >= 0.3 is 5.97 Å². The van der Waals surface area contributed by atoms with Crippen LogP contribution in [0.15, 0.2) is 24.3 Å². The second-order valence-electron chi connectivity index (χ2n) is 5.54. The molecule has 1 aromatic rings. The summed E-state index contributed by atoms with van der Waals surface area (Å²) in [5.41, 5.74) is 1.44. The summed E-state index contributed by atoms with van der Waals surface area (Å²) in [6.45, 7) is 10.8. The van der Waals surface area contributed by atoms with Crippen LogP contribution < -0.4 is 4.90 Å². The Morgan fingerprint density at radius 1 is 1.06 bits per heavy atom. The Morgan fingerprint density at radius 3 is 1.83 bits per heavy atom. The maximum atomic E-state index is 10.8. The van der Waals surface area contributed by atoms with E-state index in [9.17, 15) is 4.79 Å². The van der Waals surface area contributed by atoms with Crippen molar-refractivity contribution in [2.24, 2.45) is 11.8 Å². The molecule has 0 aliphatic carbocycles. The molecular weight excluding hydrogens is 226 g/mol. The number of rotatable bonds is 6. The summed E-state index contributed by atoms with van der Waals surface area (Å²) in [6, 6.07) is 7.14. The predicted molar refractivity (Wildman–Crippen MR) is 75.3 cm³/mol. The summed E-state index contributed by atoms with van der Waals surface area (Å²) in [6.07, 6.45) is 0. The van der Waals surface area contributed by atoms with Crippen molar-refractivity contribution in [2.45, 2.75) is 27.7 Å². The highest BCUT2D eigenvalue weighted by Crippen LogP contribution is 2.18. The maximum absolute atomic E-state index is 10.8. The van der Waals surface area contributed by atoms with E-state index in [-0.39, 0.29) is 0 Å². The zero-order chi connectivity index (χ0) is 13.7. The summed E-state index contributed by atoms with van der Waals surface area (Å²) in [5, 5.41) is 8.89. The number of carboxylic acids is 1. The number of anilines is 1. The lowest BCUT2D eigenvalue weighted by molar-refractivity contribution is 0.0697. The fraction of sp³-hybridized carbons (Fsp3) is 0.533. The van der Waals surface area contributed by atoms with Gasteiger partial charge in [-0.2, -0.15) is 0 Å². The smallest absolute Gasteiger partial charge is 0.335 e. The average molecular weight is 249 g/mol. The fourth-order valence-corrected chi connectivity index (χ4v) is 1.98. The summed E-state index contributed by atoms with van der Waals surface area (Å²) in [5.74, 6) is 0.298. The monoisotopic (exact) mass is 249 g/mol. The Morgan fingerprint density at radius 2 is 1.50 bits per heavy atom. The van der Waals surface area contributed by atoms with Gasteiger partial charge in [0.15, 0.2) is 0 Å². The van der Waals surface area contributed by atoms with Gasteiger partial charge in [-0.15, -0.1) is 0 Å². The van der Waals surface area contributed by atoms with Crippen molar-refractivity contribution in [3.63, 3.8) is 0 Å². The normalized spacial score (nSPS) is 11.0. The standard InChI is InChI=1S/C15H23NO2/c1-11(2)9-16(10-12(3)4)14-7-5-13(6-8-14)15(17)18/h5-8,11-12H,9-10H2,1-4H3,(H,17,18). The van der Waals surface area contributed by atoms with E-state index >= 15 is 0 Å². The number of carboxylic acid groups (broad SMARTS) is 1. The van der Waals surface area contributed by atoms with Crippen LogP contribution in [0.25, 0.3) is 0 Å². The van der Waals surface area contributed by atoms with E-state index in [1.807, 2.05) is 12.1 Å². The van der Waals surface area contributed by atoms with Gasteiger partial charge in [-0.25, -0.2) is 4.79 Å². The van der Waals surface area contributed by atoms with Crippen molar-refractivity contribution in [3.8, 4) is 0 Å². The number of hydrogen-bond donors (Lipinski definition) is 1. The lowest BCUT2D eigenvalue weighted by Crippen LogP contribution is -2.31. The molecule has 0 bridgehead atoms. The lowest BCUT2D eigenvalue weighted by atomic mass is 10.1. The molecule has 18 heavy (non-hydrogen) atoms. The van der Waals surface area contributed by atoms with Crippen LogP contribution in [0.5, 0.6) is 0 Å². The summed E-state index contributed by atoms with van der Waals surface area (Å²) < 4.78 is 0. The molecule has 0 spiro atoms. The van der Waals surface area contributed by atoms with Crippen LogP contribution >= 0.6 is 0 Å². The van der Waals surface area contributed by atoms with Gasteiger partial charge < -0.3 is 10.0 Å². The van der Waals surface area contributed by atoms with Gasteiger partial charge in [0.2, 0.25) is 0 Å². The molecule has 0 saturated carbocycles. The van der Waals surface area contributed by atoms with E-state index in [1.54, 1.807) is 12.1 Å². The van der Waals surface area contributed by atoms with E-state index in [2.05, 4.69) is 32.6 Å². The topological polar surface area (TPSA) is 40.5 Å². The van der Waals surface area contributed by atoms with E-state index < -0.39 is 5.97 Å². The third-order valence-electron chi connectivity index (χ3n) is 2.65. The minimum absolute atomic E-state index is 0.341. The van der Waals surface area contributed by atoms with Gasteiger partial charge in [-0.3, -0.25) is 0 Å². The first kappa shape index (κ1) is 14.6. The number of benzene rings is 1. The highest BCUT2D eigenvalue weighted by molar-refractivity contribution is 5.88. The first-order chi connectivity index (χ1) is 8.40. The van der Waals surface area contributed by atoms with Gasteiger partial charge in [-0.05, 0) is 36.1 Å². The molecule has 0 heterocycles. The molecule has 3 heteroatoms. The molecule has 1 aromatic carbocycles. The lowest BCUT2D eigenvalue weighted by Gasteiger charge is -2.28. The molecule has 0 radical (unpaired) electrons. The second kappa shape index (κ2) is 6.43. The highest BCUT2D eigenvalue weighted by Gasteiger charge is 2.11. The molecule has 0 amide bonds. The number of carbonyl (C=O) groups is 1. The van der Waals surface area contributed by atoms with Crippen molar-refractivity contribution in [3.05, 3.63) is 29.8 Å². The van der Waals surface area contributed by atoms with Crippen molar-refractivity contribution in [1.82, 2.24) is 0 Å². The molecule has 0 saturated heterocycles. The molecule has 0 aliphatic rings. The summed E-state index contributed by atoms with van der Waals surface area (Å²) in [7, 11) is 0. The molecule has 0 aromatic heterocycles. The van der Waals surface area contributed by atoms with Crippen LogP contribution in [0.1, 0.15) is 38.1 Å². The zero-order valence-corrected chi connectivity index (χ0v) is 11.7. The molecule has 100 valence electrons. The molecular formula is C15H23NO2. The van der Waals surface area contributed by atoms with E-state index in [1.165, 1.54) is 0 Å². The SMILES string of the molecule is CC(C)CN(CC(C)C)c1ccc(C(=O)O)cc1. The Kier molecular flexibility index (Phi) is 5.20. The quantitative estimate of drug-likeness (QED) is 0.838. The molecule has 1 rings (SSSR count). The van der Waals surface area contributed by atoms with Crippen molar-refractivity contribution in [1.29, 1.82) is 0 Å². The third kappa shape index (κ3) is 4.40. The molecule has 0 fully saturated rings. The molecule has 1 N–H and O–H groups in total. The van der Waals surface area contributed by atoms with Crippen LogP contribution in [0, 0.1) is 11.8 Å². The minimum atomic E-state index is -0.874. The van der Waals surface area contributed by atoms with Gasteiger partial charge in [0.1, 0.15) is 0 Å². The number of aromatic carboxylic acids is 1.